The normalized spacial score (nSPS) is 10.8. The summed E-state index contributed by atoms with van der Waals surface area (Å²) in [7, 11) is 0. The van der Waals surface area contributed by atoms with E-state index in [1.807, 2.05) is 13.8 Å². The lowest BCUT2D eigenvalue weighted by atomic mass is 10.1. The number of hydrogen-bond acceptors (Lipinski definition) is 3. The zero-order chi connectivity index (χ0) is 8.72. The van der Waals surface area contributed by atoms with E-state index in [1.54, 1.807) is 6.20 Å². The van der Waals surface area contributed by atoms with Gasteiger partial charge < -0.3 is 10.2 Å². The van der Waals surface area contributed by atoms with Gasteiger partial charge in [0.05, 0.1) is 11.1 Å². The molecule has 2 aromatic rings. The van der Waals surface area contributed by atoms with E-state index in [0.29, 0.717) is 11.4 Å². The number of nitrogens with zero attached hydrogens (tertiary/aromatic N) is 1. The van der Waals surface area contributed by atoms with E-state index in [1.165, 1.54) is 6.26 Å². The molecule has 0 amide bonds. The molecule has 12 heavy (non-hydrogen) atoms. The monoisotopic (exact) mass is 162 g/mol. The van der Waals surface area contributed by atoms with Crippen LogP contribution >= 0.6 is 0 Å². The Bertz CT molecular complexity index is 431. The second-order valence-electron chi connectivity index (χ2n) is 2.94. The predicted octanol–water partition coefficient (Wildman–Crippen LogP) is 2.03. The van der Waals surface area contributed by atoms with Crippen LogP contribution in [-0.2, 0) is 0 Å². The highest BCUT2D eigenvalue weighted by molar-refractivity contribution is 5.90. The van der Waals surface area contributed by atoms with E-state index in [0.717, 1.165) is 16.5 Å². The van der Waals surface area contributed by atoms with Crippen LogP contribution < -0.4 is 5.73 Å². The lowest BCUT2D eigenvalue weighted by molar-refractivity contribution is 0.604. The van der Waals surface area contributed by atoms with E-state index in [2.05, 4.69) is 4.98 Å². The first kappa shape index (κ1) is 7.16. The Morgan fingerprint density at radius 1 is 1.42 bits per heavy atom. The summed E-state index contributed by atoms with van der Waals surface area (Å²) in [4.78, 5) is 4.12. The number of nitrogen functional groups attached to an aromatic ring is 1. The SMILES string of the molecule is Cc1cnc2occ(N)c2c1C. The molecule has 2 aromatic heterocycles. The number of aryl methyl sites for hydroxylation is 2. The molecule has 0 saturated carbocycles. The van der Waals surface area contributed by atoms with Crippen LogP contribution in [0.25, 0.3) is 11.1 Å². The van der Waals surface area contributed by atoms with E-state index < -0.39 is 0 Å². The second kappa shape index (κ2) is 2.24. The molecular weight excluding hydrogens is 152 g/mol. The van der Waals surface area contributed by atoms with Gasteiger partial charge in [0.1, 0.15) is 6.26 Å². The molecule has 3 heteroatoms. The third-order valence-electron chi connectivity index (χ3n) is 2.14. The molecule has 0 atom stereocenters. The molecule has 0 spiro atoms. The Morgan fingerprint density at radius 3 is 2.92 bits per heavy atom. The van der Waals surface area contributed by atoms with Crippen LogP contribution in [0, 0.1) is 13.8 Å². The molecule has 0 aliphatic heterocycles. The molecule has 3 nitrogen and oxygen atoms in total. The van der Waals surface area contributed by atoms with Crippen molar-refractivity contribution in [1.29, 1.82) is 0 Å². The van der Waals surface area contributed by atoms with Crippen LogP contribution in [0.3, 0.4) is 0 Å². The van der Waals surface area contributed by atoms with Crippen molar-refractivity contribution in [2.75, 3.05) is 5.73 Å². The number of fused-ring (bicyclic) bond motifs is 1. The third-order valence-corrected chi connectivity index (χ3v) is 2.14. The van der Waals surface area contributed by atoms with Crippen molar-refractivity contribution in [2.45, 2.75) is 13.8 Å². The molecule has 2 heterocycles. The van der Waals surface area contributed by atoms with Crippen LogP contribution in [0.2, 0.25) is 0 Å². The number of anilines is 1. The van der Waals surface area contributed by atoms with Gasteiger partial charge in [0.15, 0.2) is 0 Å². The van der Waals surface area contributed by atoms with Crippen LogP contribution in [0.4, 0.5) is 5.69 Å². The number of rotatable bonds is 0. The fraction of sp³-hybridized carbons (Fsp3) is 0.222. The molecule has 0 aliphatic rings. The minimum Gasteiger partial charge on any atom is -0.444 e. The Morgan fingerprint density at radius 2 is 2.17 bits per heavy atom. The van der Waals surface area contributed by atoms with Crippen molar-refractivity contribution in [3.05, 3.63) is 23.6 Å². The molecule has 0 saturated heterocycles. The van der Waals surface area contributed by atoms with E-state index in [-0.39, 0.29) is 0 Å². The summed E-state index contributed by atoms with van der Waals surface area (Å²) in [5.74, 6) is 0. The molecular formula is C9H10N2O. The Kier molecular flexibility index (Phi) is 1.33. The van der Waals surface area contributed by atoms with Gasteiger partial charge >= 0.3 is 0 Å². The third kappa shape index (κ3) is 0.794. The van der Waals surface area contributed by atoms with Gasteiger partial charge in [-0.3, -0.25) is 0 Å². The second-order valence-corrected chi connectivity index (χ2v) is 2.94. The molecule has 0 bridgehead atoms. The molecule has 2 N–H and O–H groups in total. The maximum atomic E-state index is 5.71. The van der Waals surface area contributed by atoms with Gasteiger partial charge in [-0.2, -0.15) is 0 Å². The van der Waals surface area contributed by atoms with Gasteiger partial charge in [-0.25, -0.2) is 4.98 Å². The first-order valence-corrected chi connectivity index (χ1v) is 3.79. The first-order valence-electron chi connectivity index (χ1n) is 3.79. The van der Waals surface area contributed by atoms with Crippen LogP contribution in [-0.4, -0.2) is 4.98 Å². The van der Waals surface area contributed by atoms with Crippen LogP contribution in [0.1, 0.15) is 11.1 Å². The minimum absolute atomic E-state index is 0.621. The Hall–Kier alpha value is -1.51. The predicted molar refractivity (Wildman–Crippen MR) is 47.9 cm³/mol. The highest BCUT2D eigenvalue weighted by atomic mass is 16.3. The zero-order valence-electron chi connectivity index (χ0n) is 7.09. The average Bonchev–Trinajstić information content (AvgIpc) is 2.41. The largest absolute Gasteiger partial charge is 0.444 e. The van der Waals surface area contributed by atoms with E-state index in [4.69, 9.17) is 10.2 Å². The summed E-state index contributed by atoms with van der Waals surface area (Å²) in [6.45, 7) is 4.03. The zero-order valence-corrected chi connectivity index (χ0v) is 7.09. The highest BCUT2D eigenvalue weighted by Gasteiger charge is 2.07. The van der Waals surface area contributed by atoms with Crippen molar-refractivity contribution in [2.24, 2.45) is 0 Å². The van der Waals surface area contributed by atoms with Gasteiger partial charge in [0, 0.05) is 6.20 Å². The lowest BCUT2D eigenvalue weighted by Crippen LogP contribution is -1.88. The fourth-order valence-electron chi connectivity index (χ4n) is 1.28. The van der Waals surface area contributed by atoms with Crippen molar-refractivity contribution in [3.63, 3.8) is 0 Å². The van der Waals surface area contributed by atoms with Crippen molar-refractivity contribution in [1.82, 2.24) is 4.98 Å². The Balaban J connectivity index is 2.96. The summed E-state index contributed by atoms with van der Waals surface area (Å²) in [5, 5.41) is 0.940. The number of nitrogens with two attached hydrogens (primary N) is 1. The summed E-state index contributed by atoms with van der Waals surface area (Å²) in [6, 6.07) is 0. The topological polar surface area (TPSA) is 52.0 Å². The summed E-state index contributed by atoms with van der Waals surface area (Å²) < 4.78 is 5.15. The van der Waals surface area contributed by atoms with E-state index in [9.17, 15) is 0 Å². The molecule has 0 fully saturated rings. The van der Waals surface area contributed by atoms with E-state index >= 15 is 0 Å². The number of hydrogen-bond donors (Lipinski definition) is 1. The minimum atomic E-state index is 0.621. The van der Waals surface area contributed by atoms with Crippen molar-refractivity contribution in [3.8, 4) is 0 Å². The fourth-order valence-corrected chi connectivity index (χ4v) is 1.28. The lowest BCUT2D eigenvalue weighted by Gasteiger charge is -1.99. The average molecular weight is 162 g/mol. The standard InChI is InChI=1S/C9H10N2O/c1-5-3-11-9-8(6(5)2)7(10)4-12-9/h3-4H,10H2,1-2H3. The summed E-state index contributed by atoms with van der Waals surface area (Å²) >= 11 is 0. The molecule has 2 rings (SSSR count). The molecule has 0 unspecified atom stereocenters. The Labute approximate surface area is 70.2 Å². The maximum absolute atomic E-state index is 5.71. The number of furan rings is 1. The molecule has 0 aromatic carbocycles. The van der Waals surface area contributed by atoms with Gasteiger partial charge in [-0.05, 0) is 25.0 Å². The van der Waals surface area contributed by atoms with Gasteiger partial charge in [-0.15, -0.1) is 0 Å². The number of pyridine rings is 1. The van der Waals surface area contributed by atoms with Gasteiger partial charge in [0.2, 0.25) is 5.71 Å². The summed E-state index contributed by atoms with van der Waals surface area (Å²) in [5.41, 5.74) is 9.28. The van der Waals surface area contributed by atoms with Crippen LogP contribution in [0.5, 0.6) is 0 Å². The molecule has 0 radical (unpaired) electrons. The van der Waals surface area contributed by atoms with Crippen molar-refractivity contribution >= 4 is 16.8 Å². The van der Waals surface area contributed by atoms with Crippen molar-refractivity contribution < 1.29 is 4.42 Å². The molecule has 62 valence electrons. The van der Waals surface area contributed by atoms with Gasteiger partial charge in [0.25, 0.3) is 0 Å². The smallest absolute Gasteiger partial charge is 0.228 e. The van der Waals surface area contributed by atoms with Gasteiger partial charge in [-0.1, -0.05) is 0 Å². The number of aromatic nitrogens is 1. The maximum Gasteiger partial charge on any atom is 0.228 e. The van der Waals surface area contributed by atoms with Crippen LogP contribution in [0.15, 0.2) is 16.9 Å². The quantitative estimate of drug-likeness (QED) is 0.644. The summed E-state index contributed by atoms with van der Waals surface area (Å²) in [6.07, 6.45) is 3.32. The highest BCUT2D eigenvalue weighted by Crippen LogP contribution is 2.26. The molecule has 0 aliphatic carbocycles. The first-order chi connectivity index (χ1) is 5.70.